The van der Waals surface area contributed by atoms with Gasteiger partial charge in [0.05, 0.1) is 19.2 Å². The van der Waals surface area contributed by atoms with Crippen LogP contribution in [0.5, 0.6) is 5.75 Å². The van der Waals surface area contributed by atoms with Gasteiger partial charge in [0, 0.05) is 12.2 Å². The van der Waals surface area contributed by atoms with Gasteiger partial charge in [-0.05, 0) is 25.1 Å². The molecule has 3 nitrogen and oxygen atoms in total. The van der Waals surface area contributed by atoms with Gasteiger partial charge in [-0.3, -0.25) is 4.98 Å². The van der Waals surface area contributed by atoms with Crippen LogP contribution in [-0.2, 0) is 0 Å². The lowest BCUT2D eigenvalue weighted by molar-refractivity contribution is -0.140. The summed E-state index contributed by atoms with van der Waals surface area (Å²) in [6.07, 6.45) is -1.39. The summed E-state index contributed by atoms with van der Waals surface area (Å²) >= 11 is 0. The summed E-state index contributed by atoms with van der Waals surface area (Å²) in [6, 6.07) is 0.790. The maximum Gasteiger partial charge on any atom is 0.390 e. The van der Waals surface area contributed by atoms with Crippen LogP contribution in [0.25, 0.3) is 0 Å². The molecule has 0 bridgehead atoms. The Kier molecular flexibility index (Phi) is 5.40. The summed E-state index contributed by atoms with van der Waals surface area (Å²) in [5.41, 5.74) is 0.475. The molecule has 0 amide bonds. The molecule has 0 saturated heterocycles. The Labute approximate surface area is 104 Å². The first kappa shape index (κ1) is 14.8. The van der Waals surface area contributed by atoms with Crippen molar-refractivity contribution in [1.82, 2.24) is 10.3 Å². The van der Waals surface area contributed by atoms with Gasteiger partial charge >= 0.3 is 6.18 Å². The Bertz CT molecular complexity index is 369. The molecule has 0 aromatic carbocycles. The van der Waals surface area contributed by atoms with Crippen molar-refractivity contribution in [2.45, 2.75) is 32.0 Å². The number of nitrogens with one attached hydrogen (secondary N) is 1. The topological polar surface area (TPSA) is 34.1 Å². The predicted octanol–water partition coefficient (Wildman–Crippen LogP) is 3.08. The van der Waals surface area contributed by atoms with Crippen molar-refractivity contribution in [2.24, 2.45) is 0 Å². The Hall–Kier alpha value is -1.30. The van der Waals surface area contributed by atoms with Crippen LogP contribution in [0.2, 0.25) is 0 Å². The molecule has 0 aliphatic rings. The SMILES string of the molecule is CCCOc1cncc(C(CC(F)(F)F)NC)c1. The molecule has 0 saturated carbocycles. The van der Waals surface area contributed by atoms with Gasteiger partial charge in [0.2, 0.25) is 0 Å². The maximum absolute atomic E-state index is 12.4. The number of pyridine rings is 1. The molecule has 1 N–H and O–H groups in total. The molecule has 1 heterocycles. The minimum absolute atomic E-state index is 0.475. The maximum atomic E-state index is 12.4. The Balaban J connectivity index is 2.79. The van der Waals surface area contributed by atoms with Gasteiger partial charge in [-0.2, -0.15) is 13.2 Å². The molecule has 0 radical (unpaired) electrons. The van der Waals surface area contributed by atoms with Crippen LogP contribution in [0.15, 0.2) is 18.5 Å². The highest BCUT2D eigenvalue weighted by Gasteiger charge is 2.32. The second-order valence-corrected chi connectivity index (χ2v) is 3.96. The summed E-state index contributed by atoms with van der Waals surface area (Å²) < 4.78 is 42.5. The molecule has 6 heteroatoms. The average molecular weight is 262 g/mol. The molecule has 0 aliphatic carbocycles. The number of aromatic nitrogens is 1. The Morgan fingerprint density at radius 2 is 2.11 bits per heavy atom. The van der Waals surface area contributed by atoms with Gasteiger partial charge in [0.25, 0.3) is 0 Å². The van der Waals surface area contributed by atoms with Gasteiger partial charge in [-0.25, -0.2) is 0 Å². The molecular formula is C12H17F3N2O. The first-order valence-electron chi connectivity index (χ1n) is 5.78. The van der Waals surface area contributed by atoms with Crippen LogP contribution in [-0.4, -0.2) is 24.8 Å². The second kappa shape index (κ2) is 6.58. The van der Waals surface area contributed by atoms with Crippen LogP contribution in [0, 0.1) is 0 Å². The van der Waals surface area contributed by atoms with Crippen LogP contribution < -0.4 is 10.1 Å². The van der Waals surface area contributed by atoms with Crippen molar-refractivity contribution < 1.29 is 17.9 Å². The van der Waals surface area contributed by atoms with E-state index < -0.39 is 18.6 Å². The van der Waals surface area contributed by atoms with Crippen molar-refractivity contribution in [3.8, 4) is 5.75 Å². The molecule has 0 aliphatic heterocycles. The van der Waals surface area contributed by atoms with Crippen molar-refractivity contribution in [3.63, 3.8) is 0 Å². The zero-order valence-corrected chi connectivity index (χ0v) is 10.4. The van der Waals surface area contributed by atoms with E-state index in [1.165, 1.54) is 19.4 Å². The third-order valence-electron chi connectivity index (χ3n) is 2.39. The molecule has 0 fully saturated rings. The van der Waals surface area contributed by atoms with Gasteiger partial charge < -0.3 is 10.1 Å². The van der Waals surface area contributed by atoms with Crippen molar-refractivity contribution in [1.29, 1.82) is 0 Å². The number of halogens is 3. The number of rotatable bonds is 6. The van der Waals surface area contributed by atoms with Crippen molar-refractivity contribution in [2.75, 3.05) is 13.7 Å². The standard InChI is InChI=1S/C12H17F3N2O/c1-3-4-18-10-5-9(7-17-8-10)11(16-2)6-12(13,14)15/h5,7-8,11,16H,3-4,6H2,1-2H3. The lowest BCUT2D eigenvalue weighted by atomic mass is 10.1. The molecular weight excluding hydrogens is 245 g/mol. The summed E-state index contributed by atoms with van der Waals surface area (Å²) in [6.45, 7) is 2.48. The summed E-state index contributed by atoms with van der Waals surface area (Å²) in [5, 5.41) is 2.64. The number of hydrogen-bond acceptors (Lipinski definition) is 3. The first-order chi connectivity index (χ1) is 8.46. The molecule has 1 aromatic heterocycles. The van der Waals surface area contributed by atoms with E-state index in [1.54, 1.807) is 6.07 Å². The molecule has 1 unspecified atom stereocenters. The fraction of sp³-hybridized carbons (Fsp3) is 0.583. The zero-order chi connectivity index (χ0) is 13.6. The van der Waals surface area contributed by atoms with Gasteiger partial charge in [-0.15, -0.1) is 0 Å². The van der Waals surface area contributed by atoms with Crippen LogP contribution in [0.3, 0.4) is 0 Å². The van der Waals surface area contributed by atoms with Crippen LogP contribution in [0.1, 0.15) is 31.4 Å². The highest BCUT2D eigenvalue weighted by atomic mass is 19.4. The van der Waals surface area contributed by atoms with E-state index in [0.717, 1.165) is 6.42 Å². The number of hydrogen-bond donors (Lipinski definition) is 1. The lowest BCUT2D eigenvalue weighted by Crippen LogP contribution is -2.23. The number of ether oxygens (including phenoxy) is 1. The van der Waals surface area contributed by atoms with Crippen LogP contribution in [0.4, 0.5) is 13.2 Å². The minimum Gasteiger partial charge on any atom is -0.492 e. The van der Waals surface area contributed by atoms with Gasteiger partial charge in [0.1, 0.15) is 5.75 Å². The first-order valence-corrected chi connectivity index (χ1v) is 5.78. The fourth-order valence-electron chi connectivity index (χ4n) is 1.54. The fourth-order valence-corrected chi connectivity index (χ4v) is 1.54. The number of alkyl halides is 3. The number of nitrogens with zero attached hydrogens (tertiary/aromatic N) is 1. The minimum atomic E-state index is -4.21. The zero-order valence-electron chi connectivity index (χ0n) is 10.4. The highest BCUT2D eigenvalue weighted by Crippen LogP contribution is 2.30. The molecule has 1 rings (SSSR count). The molecule has 1 atom stereocenters. The molecule has 102 valence electrons. The van der Waals surface area contributed by atoms with Crippen molar-refractivity contribution >= 4 is 0 Å². The van der Waals surface area contributed by atoms with E-state index in [9.17, 15) is 13.2 Å². The summed E-state index contributed by atoms with van der Waals surface area (Å²) in [4.78, 5) is 3.90. The quantitative estimate of drug-likeness (QED) is 0.855. The predicted molar refractivity (Wildman–Crippen MR) is 62.5 cm³/mol. The molecule has 18 heavy (non-hydrogen) atoms. The smallest absolute Gasteiger partial charge is 0.390 e. The van der Waals surface area contributed by atoms with E-state index in [0.29, 0.717) is 17.9 Å². The van der Waals surface area contributed by atoms with Gasteiger partial charge in [-0.1, -0.05) is 6.92 Å². The summed E-state index contributed by atoms with van der Waals surface area (Å²) in [7, 11) is 1.50. The van der Waals surface area contributed by atoms with Crippen LogP contribution >= 0.6 is 0 Å². The second-order valence-electron chi connectivity index (χ2n) is 3.96. The summed E-state index contributed by atoms with van der Waals surface area (Å²) in [5.74, 6) is 0.497. The Morgan fingerprint density at radius 3 is 2.67 bits per heavy atom. The van der Waals surface area contributed by atoms with E-state index in [4.69, 9.17) is 4.74 Å². The third-order valence-corrected chi connectivity index (χ3v) is 2.39. The average Bonchev–Trinajstić information content (AvgIpc) is 2.32. The van der Waals surface area contributed by atoms with Crippen molar-refractivity contribution in [3.05, 3.63) is 24.0 Å². The Morgan fingerprint density at radius 1 is 1.39 bits per heavy atom. The van der Waals surface area contributed by atoms with E-state index in [2.05, 4.69) is 10.3 Å². The van der Waals surface area contributed by atoms with E-state index in [-0.39, 0.29) is 0 Å². The largest absolute Gasteiger partial charge is 0.492 e. The third kappa shape index (κ3) is 4.91. The molecule has 0 spiro atoms. The monoisotopic (exact) mass is 262 g/mol. The van der Waals surface area contributed by atoms with E-state index >= 15 is 0 Å². The normalized spacial score (nSPS) is 13.4. The molecule has 1 aromatic rings. The van der Waals surface area contributed by atoms with E-state index in [1.807, 2.05) is 6.92 Å². The highest BCUT2D eigenvalue weighted by molar-refractivity contribution is 5.26. The van der Waals surface area contributed by atoms with Gasteiger partial charge in [0.15, 0.2) is 0 Å². The lowest BCUT2D eigenvalue weighted by Gasteiger charge is -2.18.